The summed E-state index contributed by atoms with van der Waals surface area (Å²) in [5.74, 6) is 1.70. The number of para-hydroxylation sites is 1. The van der Waals surface area contributed by atoms with Gasteiger partial charge in [0.05, 0.1) is 25.9 Å². The highest BCUT2D eigenvalue weighted by Gasteiger charge is 2.15. The van der Waals surface area contributed by atoms with Crippen molar-refractivity contribution >= 4 is 5.96 Å². The van der Waals surface area contributed by atoms with Crippen molar-refractivity contribution in [1.82, 2.24) is 15.5 Å². The molecule has 2 heterocycles. The Balaban J connectivity index is 1.33. The molecular formula is C22H36N4O4. The first-order valence-corrected chi connectivity index (χ1v) is 11.0. The van der Waals surface area contributed by atoms with Gasteiger partial charge in [0.15, 0.2) is 5.96 Å². The van der Waals surface area contributed by atoms with Crippen molar-refractivity contribution in [2.24, 2.45) is 4.99 Å². The Morgan fingerprint density at radius 1 is 1.13 bits per heavy atom. The van der Waals surface area contributed by atoms with Gasteiger partial charge in [-0.1, -0.05) is 18.2 Å². The Morgan fingerprint density at radius 2 is 2.00 bits per heavy atom. The Bertz CT molecular complexity index is 631. The summed E-state index contributed by atoms with van der Waals surface area (Å²) in [7, 11) is 1.78. The van der Waals surface area contributed by atoms with Crippen LogP contribution in [0.25, 0.3) is 0 Å². The number of nitrogens with zero attached hydrogens (tertiary/aromatic N) is 2. The smallest absolute Gasteiger partial charge is 0.191 e. The van der Waals surface area contributed by atoms with E-state index in [2.05, 4.69) is 26.6 Å². The summed E-state index contributed by atoms with van der Waals surface area (Å²) in [4.78, 5) is 6.68. The van der Waals surface area contributed by atoms with E-state index in [1.54, 1.807) is 7.05 Å². The summed E-state index contributed by atoms with van der Waals surface area (Å²) in [5, 5.41) is 6.71. The molecule has 2 saturated heterocycles. The number of aliphatic imine (C=N–C) groups is 1. The van der Waals surface area contributed by atoms with Crippen molar-refractivity contribution in [3.05, 3.63) is 29.8 Å². The van der Waals surface area contributed by atoms with Crippen LogP contribution in [0.1, 0.15) is 18.4 Å². The maximum Gasteiger partial charge on any atom is 0.191 e. The fourth-order valence-electron chi connectivity index (χ4n) is 3.47. The van der Waals surface area contributed by atoms with E-state index in [1.165, 1.54) is 0 Å². The number of morpholine rings is 1. The van der Waals surface area contributed by atoms with E-state index in [9.17, 15) is 0 Å². The molecule has 2 fully saturated rings. The Kier molecular flexibility index (Phi) is 10.2. The van der Waals surface area contributed by atoms with Crippen LogP contribution in [0.2, 0.25) is 0 Å². The second-order valence-corrected chi connectivity index (χ2v) is 7.47. The summed E-state index contributed by atoms with van der Waals surface area (Å²) < 4.78 is 22.6. The third-order valence-electron chi connectivity index (χ3n) is 5.27. The maximum atomic E-state index is 6.06. The molecule has 30 heavy (non-hydrogen) atoms. The lowest BCUT2D eigenvalue weighted by Gasteiger charge is -2.26. The number of rotatable bonds is 11. The first kappa shape index (κ1) is 22.8. The third-order valence-corrected chi connectivity index (χ3v) is 5.27. The van der Waals surface area contributed by atoms with Gasteiger partial charge in [0.25, 0.3) is 0 Å². The van der Waals surface area contributed by atoms with Crippen LogP contribution in [-0.2, 0) is 20.8 Å². The molecule has 2 aliphatic heterocycles. The number of hydrogen-bond acceptors (Lipinski definition) is 6. The summed E-state index contributed by atoms with van der Waals surface area (Å²) in [6.45, 7) is 8.93. The fraction of sp³-hybridized carbons (Fsp3) is 0.682. The molecule has 2 N–H and O–H groups in total. The van der Waals surface area contributed by atoms with Gasteiger partial charge in [-0.25, -0.2) is 0 Å². The molecule has 0 aromatic heterocycles. The molecule has 0 amide bonds. The van der Waals surface area contributed by atoms with Crippen molar-refractivity contribution in [3.8, 4) is 5.75 Å². The predicted octanol–water partition coefficient (Wildman–Crippen LogP) is 1.26. The summed E-state index contributed by atoms with van der Waals surface area (Å²) in [6.07, 6.45) is 2.20. The van der Waals surface area contributed by atoms with Crippen LogP contribution in [0.3, 0.4) is 0 Å². The number of nitrogens with one attached hydrogen (secondary N) is 2. The van der Waals surface area contributed by atoms with Crippen LogP contribution in [0, 0.1) is 0 Å². The number of ether oxygens (including phenoxy) is 4. The highest BCUT2D eigenvalue weighted by atomic mass is 16.5. The molecule has 8 nitrogen and oxygen atoms in total. The van der Waals surface area contributed by atoms with Crippen LogP contribution in [0.15, 0.2) is 29.3 Å². The third kappa shape index (κ3) is 8.10. The van der Waals surface area contributed by atoms with E-state index in [4.69, 9.17) is 18.9 Å². The molecule has 168 valence electrons. The maximum absolute atomic E-state index is 6.06. The number of hydrogen-bond donors (Lipinski definition) is 2. The summed E-state index contributed by atoms with van der Waals surface area (Å²) in [6, 6.07) is 8.15. The number of guanidine groups is 1. The van der Waals surface area contributed by atoms with Gasteiger partial charge < -0.3 is 29.6 Å². The van der Waals surface area contributed by atoms with Gasteiger partial charge in [0.1, 0.15) is 12.4 Å². The van der Waals surface area contributed by atoms with Crippen LogP contribution in [0.5, 0.6) is 5.75 Å². The lowest BCUT2D eigenvalue weighted by Crippen LogP contribution is -2.39. The monoisotopic (exact) mass is 420 g/mol. The second kappa shape index (κ2) is 13.4. The fourth-order valence-corrected chi connectivity index (χ4v) is 3.47. The van der Waals surface area contributed by atoms with Crippen LogP contribution >= 0.6 is 0 Å². The molecular weight excluding hydrogens is 384 g/mol. The minimum absolute atomic E-state index is 0.266. The zero-order valence-electron chi connectivity index (χ0n) is 18.1. The largest absolute Gasteiger partial charge is 0.492 e. The Labute approximate surface area is 179 Å². The van der Waals surface area contributed by atoms with Gasteiger partial charge in [-0.15, -0.1) is 0 Å². The molecule has 1 aromatic rings. The minimum atomic E-state index is 0.266. The molecule has 1 atom stereocenters. The summed E-state index contributed by atoms with van der Waals surface area (Å²) in [5.41, 5.74) is 1.12. The molecule has 0 radical (unpaired) electrons. The molecule has 1 aromatic carbocycles. The highest BCUT2D eigenvalue weighted by Crippen LogP contribution is 2.17. The molecule has 1 unspecified atom stereocenters. The zero-order chi connectivity index (χ0) is 20.9. The van der Waals surface area contributed by atoms with Crippen molar-refractivity contribution < 1.29 is 18.9 Å². The van der Waals surface area contributed by atoms with Gasteiger partial charge in [0, 0.05) is 58.5 Å². The average Bonchev–Trinajstić information content (AvgIpc) is 3.31. The second-order valence-electron chi connectivity index (χ2n) is 7.47. The van der Waals surface area contributed by atoms with E-state index in [1.807, 2.05) is 18.2 Å². The van der Waals surface area contributed by atoms with Crippen molar-refractivity contribution in [2.75, 3.05) is 72.9 Å². The SMILES string of the molecule is CN=C(NCCCOC1CCOC1)NCc1ccccc1OCCN1CCOCC1. The van der Waals surface area contributed by atoms with Gasteiger partial charge >= 0.3 is 0 Å². The normalized spacial score (nSPS) is 20.3. The Hall–Kier alpha value is -1.87. The molecule has 0 saturated carbocycles. The van der Waals surface area contributed by atoms with E-state index < -0.39 is 0 Å². The first-order chi connectivity index (χ1) is 14.8. The first-order valence-electron chi connectivity index (χ1n) is 11.0. The molecule has 0 spiro atoms. The lowest BCUT2D eigenvalue weighted by atomic mass is 10.2. The standard InChI is InChI=1S/C22H36N4O4/c1-23-22(24-8-4-12-29-20-7-13-28-18-20)25-17-19-5-2-3-6-21(19)30-16-11-26-9-14-27-15-10-26/h2-3,5-6,20H,4,7-18H2,1H3,(H2,23,24,25). The van der Waals surface area contributed by atoms with Crippen molar-refractivity contribution in [3.63, 3.8) is 0 Å². The highest BCUT2D eigenvalue weighted by molar-refractivity contribution is 5.79. The van der Waals surface area contributed by atoms with E-state index in [0.717, 1.165) is 89.3 Å². The van der Waals surface area contributed by atoms with Gasteiger partial charge in [-0.05, 0) is 18.9 Å². The lowest BCUT2D eigenvalue weighted by molar-refractivity contribution is 0.0322. The van der Waals surface area contributed by atoms with Crippen LogP contribution < -0.4 is 15.4 Å². The molecule has 2 aliphatic rings. The zero-order valence-corrected chi connectivity index (χ0v) is 18.1. The van der Waals surface area contributed by atoms with Crippen LogP contribution in [-0.4, -0.2) is 89.8 Å². The van der Waals surface area contributed by atoms with E-state index >= 15 is 0 Å². The van der Waals surface area contributed by atoms with Gasteiger partial charge in [0.2, 0.25) is 0 Å². The van der Waals surface area contributed by atoms with E-state index in [-0.39, 0.29) is 6.10 Å². The average molecular weight is 421 g/mol. The molecule has 8 heteroatoms. The van der Waals surface area contributed by atoms with Crippen molar-refractivity contribution in [2.45, 2.75) is 25.5 Å². The quantitative estimate of drug-likeness (QED) is 0.317. The predicted molar refractivity (Wildman–Crippen MR) is 117 cm³/mol. The summed E-state index contributed by atoms with van der Waals surface area (Å²) >= 11 is 0. The van der Waals surface area contributed by atoms with Gasteiger partial charge in [-0.2, -0.15) is 0 Å². The van der Waals surface area contributed by atoms with Gasteiger partial charge in [-0.3, -0.25) is 9.89 Å². The van der Waals surface area contributed by atoms with Crippen LogP contribution in [0.4, 0.5) is 0 Å². The molecule has 0 bridgehead atoms. The van der Waals surface area contributed by atoms with Crippen molar-refractivity contribution in [1.29, 1.82) is 0 Å². The minimum Gasteiger partial charge on any atom is -0.492 e. The van der Waals surface area contributed by atoms with E-state index in [0.29, 0.717) is 13.2 Å². The molecule has 3 rings (SSSR count). The Morgan fingerprint density at radius 3 is 2.80 bits per heavy atom. The molecule has 0 aliphatic carbocycles. The number of benzene rings is 1. The topological polar surface area (TPSA) is 76.6 Å².